The third-order valence-electron chi connectivity index (χ3n) is 3.26. The van der Waals surface area contributed by atoms with E-state index in [-0.39, 0.29) is 18.6 Å². The Bertz CT molecular complexity index is 593. The number of carbonyl (C=O) groups excluding carboxylic acids is 1. The molecule has 2 rings (SSSR count). The second kappa shape index (κ2) is 7.61. The van der Waals surface area contributed by atoms with Gasteiger partial charge in [0.1, 0.15) is 11.9 Å². The van der Waals surface area contributed by atoms with E-state index < -0.39 is 6.10 Å². The van der Waals surface area contributed by atoms with Crippen LogP contribution in [0.15, 0.2) is 54.6 Å². The van der Waals surface area contributed by atoms with E-state index in [1.165, 1.54) is 0 Å². The molecule has 0 aliphatic heterocycles. The van der Waals surface area contributed by atoms with Crippen molar-refractivity contribution in [2.24, 2.45) is 0 Å². The molecule has 1 amide bonds. The first kappa shape index (κ1) is 16.0. The summed E-state index contributed by atoms with van der Waals surface area (Å²) < 4.78 is 5.86. The minimum absolute atomic E-state index is 0.0592. The van der Waals surface area contributed by atoms with Gasteiger partial charge in [0.05, 0.1) is 6.10 Å². The number of nitrogens with one attached hydrogen (secondary N) is 1. The lowest BCUT2D eigenvalue weighted by Crippen LogP contribution is -2.30. The quantitative estimate of drug-likeness (QED) is 0.862. The van der Waals surface area contributed by atoms with Crippen LogP contribution in [-0.2, 0) is 0 Å². The van der Waals surface area contributed by atoms with Crippen molar-refractivity contribution >= 4 is 5.91 Å². The van der Waals surface area contributed by atoms with Crippen molar-refractivity contribution in [3.05, 3.63) is 65.7 Å². The Hall–Kier alpha value is -2.33. The Kier molecular flexibility index (Phi) is 5.55. The number of benzene rings is 2. The first-order valence-electron chi connectivity index (χ1n) is 7.34. The van der Waals surface area contributed by atoms with Crippen LogP contribution in [0.5, 0.6) is 5.75 Å². The van der Waals surface area contributed by atoms with Crippen LogP contribution in [0.1, 0.15) is 35.9 Å². The Morgan fingerprint density at radius 3 is 2.32 bits per heavy atom. The number of amides is 1. The number of hydrogen-bond acceptors (Lipinski definition) is 3. The van der Waals surface area contributed by atoms with Gasteiger partial charge >= 0.3 is 0 Å². The third-order valence-corrected chi connectivity index (χ3v) is 3.26. The van der Waals surface area contributed by atoms with Crippen LogP contribution in [0, 0.1) is 0 Å². The van der Waals surface area contributed by atoms with Crippen LogP contribution >= 0.6 is 0 Å². The minimum Gasteiger partial charge on any atom is -0.486 e. The smallest absolute Gasteiger partial charge is 0.251 e. The minimum atomic E-state index is -0.557. The molecule has 0 heterocycles. The SMILES string of the molecule is C[C@H](Oc1ccc(C(=O)NC[C@@H](C)O)cc1)c1ccccc1. The molecule has 0 aliphatic carbocycles. The fourth-order valence-electron chi connectivity index (χ4n) is 2.02. The molecule has 0 fully saturated rings. The predicted molar refractivity (Wildman–Crippen MR) is 85.9 cm³/mol. The second-order valence-corrected chi connectivity index (χ2v) is 5.25. The summed E-state index contributed by atoms with van der Waals surface area (Å²) in [6.45, 7) is 3.85. The highest BCUT2D eigenvalue weighted by Gasteiger charge is 2.09. The van der Waals surface area contributed by atoms with Gasteiger partial charge in [-0.05, 0) is 43.7 Å². The van der Waals surface area contributed by atoms with Crippen molar-refractivity contribution in [2.75, 3.05) is 6.54 Å². The van der Waals surface area contributed by atoms with E-state index in [2.05, 4.69) is 5.32 Å². The van der Waals surface area contributed by atoms with Gasteiger partial charge in [-0.2, -0.15) is 0 Å². The number of carbonyl (C=O) groups is 1. The molecule has 2 atom stereocenters. The molecule has 116 valence electrons. The first-order chi connectivity index (χ1) is 10.6. The van der Waals surface area contributed by atoms with Crippen LogP contribution in [0.25, 0.3) is 0 Å². The van der Waals surface area contributed by atoms with Gasteiger partial charge in [-0.15, -0.1) is 0 Å². The maximum Gasteiger partial charge on any atom is 0.251 e. The molecule has 4 nitrogen and oxygen atoms in total. The largest absolute Gasteiger partial charge is 0.486 e. The highest BCUT2D eigenvalue weighted by atomic mass is 16.5. The molecule has 2 aromatic carbocycles. The summed E-state index contributed by atoms with van der Waals surface area (Å²) in [5.41, 5.74) is 1.64. The predicted octanol–water partition coefficient (Wildman–Crippen LogP) is 2.94. The Balaban J connectivity index is 1.96. The highest BCUT2D eigenvalue weighted by Crippen LogP contribution is 2.21. The number of hydrogen-bond donors (Lipinski definition) is 2. The molecule has 0 unspecified atom stereocenters. The number of aliphatic hydroxyl groups excluding tert-OH is 1. The fraction of sp³-hybridized carbons (Fsp3) is 0.278. The van der Waals surface area contributed by atoms with E-state index in [0.29, 0.717) is 11.3 Å². The van der Waals surface area contributed by atoms with Crippen LogP contribution in [-0.4, -0.2) is 23.7 Å². The molecule has 0 saturated carbocycles. The molecule has 22 heavy (non-hydrogen) atoms. The lowest BCUT2D eigenvalue weighted by molar-refractivity contribution is 0.0924. The molecular formula is C18H21NO3. The number of aliphatic hydroxyl groups is 1. The first-order valence-corrected chi connectivity index (χ1v) is 7.34. The molecule has 0 radical (unpaired) electrons. The fourth-order valence-corrected chi connectivity index (χ4v) is 2.02. The molecule has 0 saturated heterocycles. The summed E-state index contributed by atoms with van der Waals surface area (Å²) in [6, 6.07) is 16.9. The van der Waals surface area contributed by atoms with Gasteiger partial charge in [-0.3, -0.25) is 4.79 Å². The standard InChI is InChI=1S/C18H21NO3/c1-13(20)12-19-18(21)16-8-10-17(11-9-16)22-14(2)15-6-4-3-5-7-15/h3-11,13-14,20H,12H2,1-2H3,(H,19,21)/t13-,14+/m1/s1. The summed E-state index contributed by atoms with van der Waals surface area (Å²) >= 11 is 0. The number of ether oxygens (including phenoxy) is 1. The highest BCUT2D eigenvalue weighted by molar-refractivity contribution is 5.94. The van der Waals surface area contributed by atoms with Gasteiger partial charge in [0.25, 0.3) is 5.91 Å². The molecular weight excluding hydrogens is 278 g/mol. The van der Waals surface area contributed by atoms with Gasteiger partial charge in [0, 0.05) is 12.1 Å². The Morgan fingerprint density at radius 2 is 1.73 bits per heavy atom. The lowest BCUT2D eigenvalue weighted by atomic mass is 10.1. The average molecular weight is 299 g/mol. The van der Waals surface area contributed by atoms with Crippen molar-refractivity contribution in [1.82, 2.24) is 5.32 Å². The summed E-state index contributed by atoms with van der Waals surface area (Å²) in [5, 5.41) is 11.8. The Labute approximate surface area is 130 Å². The van der Waals surface area contributed by atoms with Crippen LogP contribution < -0.4 is 10.1 Å². The van der Waals surface area contributed by atoms with E-state index in [1.54, 1.807) is 31.2 Å². The van der Waals surface area contributed by atoms with Gasteiger partial charge in [0.2, 0.25) is 0 Å². The van der Waals surface area contributed by atoms with Crippen LogP contribution in [0.3, 0.4) is 0 Å². The molecule has 2 N–H and O–H groups in total. The van der Waals surface area contributed by atoms with E-state index in [4.69, 9.17) is 9.84 Å². The van der Waals surface area contributed by atoms with Crippen LogP contribution in [0.4, 0.5) is 0 Å². The van der Waals surface area contributed by atoms with Crippen molar-refractivity contribution in [3.63, 3.8) is 0 Å². The van der Waals surface area contributed by atoms with Gasteiger partial charge < -0.3 is 15.2 Å². The van der Waals surface area contributed by atoms with E-state index in [9.17, 15) is 4.79 Å². The number of rotatable bonds is 6. The summed E-state index contributed by atoms with van der Waals surface area (Å²) in [5.74, 6) is 0.506. The van der Waals surface area contributed by atoms with Gasteiger partial charge in [-0.1, -0.05) is 30.3 Å². The maximum absolute atomic E-state index is 11.8. The van der Waals surface area contributed by atoms with E-state index in [0.717, 1.165) is 5.56 Å². The van der Waals surface area contributed by atoms with Crippen molar-refractivity contribution < 1.29 is 14.6 Å². The molecule has 0 aromatic heterocycles. The van der Waals surface area contributed by atoms with Gasteiger partial charge in [-0.25, -0.2) is 0 Å². The summed E-state index contributed by atoms with van der Waals surface area (Å²) in [4.78, 5) is 11.8. The molecule has 2 aromatic rings. The topological polar surface area (TPSA) is 58.6 Å². The monoisotopic (exact) mass is 299 g/mol. The van der Waals surface area contributed by atoms with Crippen molar-refractivity contribution in [2.45, 2.75) is 26.1 Å². The van der Waals surface area contributed by atoms with Gasteiger partial charge in [0.15, 0.2) is 0 Å². The Morgan fingerprint density at radius 1 is 1.09 bits per heavy atom. The lowest BCUT2D eigenvalue weighted by Gasteiger charge is -2.15. The van der Waals surface area contributed by atoms with Crippen molar-refractivity contribution in [3.8, 4) is 5.75 Å². The summed E-state index contributed by atoms with van der Waals surface area (Å²) in [7, 11) is 0. The third kappa shape index (κ3) is 4.60. The zero-order valence-electron chi connectivity index (χ0n) is 12.8. The average Bonchev–Trinajstić information content (AvgIpc) is 2.54. The zero-order valence-corrected chi connectivity index (χ0v) is 12.8. The maximum atomic E-state index is 11.8. The molecule has 4 heteroatoms. The molecule has 0 bridgehead atoms. The normalized spacial score (nSPS) is 13.2. The van der Waals surface area contributed by atoms with E-state index in [1.807, 2.05) is 37.3 Å². The zero-order chi connectivity index (χ0) is 15.9. The van der Waals surface area contributed by atoms with E-state index >= 15 is 0 Å². The summed E-state index contributed by atoms with van der Waals surface area (Å²) in [6.07, 6.45) is -0.616. The molecule has 0 spiro atoms. The van der Waals surface area contributed by atoms with Crippen LogP contribution in [0.2, 0.25) is 0 Å². The van der Waals surface area contributed by atoms with Crippen molar-refractivity contribution in [1.29, 1.82) is 0 Å². The molecule has 0 aliphatic rings. The second-order valence-electron chi connectivity index (χ2n) is 5.25.